The van der Waals surface area contributed by atoms with Crippen molar-refractivity contribution < 1.29 is 8.42 Å². The van der Waals surface area contributed by atoms with E-state index in [0.717, 1.165) is 18.8 Å². The van der Waals surface area contributed by atoms with E-state index in [1.165, 1.54) is 0 Å². The molecular formula is C13H25N5O2S. The maximum absolute atomic E-state index is 10.9. The highest BCUT2D eigenvalue weighted by Gasteiger charge is 2.19. The average molecular weight is 315 g/mol. The maximum Gasteiger partial charge on any atom is 0.210 e. The zero-order chi connectivity index (χ0) is 16.1. The summed E-state index contributed by atoms with van der Waals surface area (Å²) in [6.07, 6.45) is 0.989. The molecular weight excluding hydrogens is 290 g/mol. The molecule has 0 aliphatic carbocycles. The number of nitrogens with two attached hydrogens (primary N) is 1. The van der Waals surface area contributed by atoms with Crippen molar-refractivity contribution in [3.8, 4) is 0 Å². The SMILES string of the molecule is CCCNc1cc(NCCS(N)(=O)=O)nc(C(C)(C)C)n1. The second-order valence-corrected chi connectivity index (χ2v) is 7.67. The van der Waals surface area contributed by atoms with Crippen molar-refractivity contribution in [1.29, 1.82) is 0 Å². The minimum atomic E-state index is -3.48. The van der Waals surface area contributed by atoms with Crippen LogP contribution in [0.2, 0.25) is 0 Å². The molecule has 4 N–H and O–H groups in total. The minimum Gasteiger partial charge on any atom is -0.370 e. The van der Waals surface area contributed by atoms with Crippen LogP contribution in [0.5, 0.6) is 0 Å². The fraction of sp³-hybridized carbons (Fsp3) is 0.692. The van der Waals surface area contributed by atoms with Gasteiger partial charge in [0.1, 0.15) is 17.5 Å². The van der Waals surface area contributed by atoms with Gasteiger partial charge >= 0.3 is 0 Å². The summed E-state index contributed by atoms with van der Waals surface area (Å²) in [7, 11) is -3.48. The first-order chi connectivity index (χ1) is 9.62. The zero-order valence-corrected chi connectivity index (χ0v) is 13.9. The fourth-order valence-corrected chi connectivity index (χ4v) is 1.92. The molecule has 0 atom stereocenters. The lowest BCUT2D eigenvalue weighted by Crippen LogP contribution is -2.23. The number of anilines is 2. The molecule has 0 aliphatic heterocycles. The van der Waals surface area contributed by atoms with Crippen molar-refractivity contribution in [1.82, 2.24) is 9.97 Å². The second-order valence-electron chi connectivity index (χ2n) is 5.93. The Hall–Kier alpha value is -1.41. The first-order valence-electron chi connectivity index (χ1n) is 6.99. The molecule has 8 heteroatoms. The number of nitrogens with one attached hydrogen (secondary N) is 2. The highest BCUT2D eigenvalue weighted by atomic mass is 32.2. The Kier molecular flexibility index (Phi) is 5.91. The standard InChI is InChI=1S/C13H25N5O2S/c1-5-6-15-10-9-11(16-7-8-21(14,19)20)18-12(17-10)13(2,3)4/h9H,5-8H2,1-4H3,(H2,14,19,20)(H2,15,16,17,18). The lowest BCUT2D eigenvalue weighted by molar-refractivity contribution is 0.546. The van der Waals surface area contributed by atoms with Crippen LogP contribution < -0.4 is 15.8 Å². The Bertz CT molecular complexity index is 566. The molecule has 1 aromatic heterocycles. The highest BCUT2D eigenvalue weighted by molar-refractivity contribution is 7.89. The average Bonchev–Trinajstić information content (AvgIpc) is 2.33. The van der Waals surface area contributed by atoms with Gasteiger partial charge in [0.25, 0.3) is 0 Å². The molecule has 0 fully saturated rings. The van der Waals surface area contributed by atoms with Gasteiger partial charge in [-0.2, -0.15) is 0 Å². The van der Waals surface area contributed by atoms with Gasteiger partial charge in [-0.1, -0.05) is 27.7 Å². The fourth-order valence-electron chi connectivity index (χ4n) is 1.54. The van der Waals surface area contributed by atoms with E-state index in [-0.39, 0.29) is 17.7 Å². The normalized spacial score (nSPS) is 12.2. The quantitative estimate of drug-likeness (QED) is 0.699. The van der Waals surface area contributed by atoms with Crippen LogP contribution >= 0.6 is 0 Å². The molecule has 0 saturated heterocycles. The minimum absolute atomic E-state index is 0.139. The van der Waals surface area contributed by atoms with Crippen LogP contribution in [0.25, 0.3) is 0 Å². The molecule has 0 radical (unpaired) electrons. The van der Waals surface area contributed by atoms with Gasteiger partial charge in [-0.25, -0.2) is 23.5 Å². The molecule has 1 aromatic rings. The van der Waals surface area contributed by atoms with Crippen LogP contribution in [0.15, 0.2) is 6.07 Å². The van der Waals surface area contributed by atoms with E-state index in [1.807, 2.05) is 20.8 Å². The number of nitrogens with zero attached hydrogens (tertiary/aromatic N) is 2. The third-order valence-electron chi connectivity index (χ3n) is 2.65. The molecule has 0 amide bonds. The monoisotopic (exact) mass is 315 g/mol. The van der Waals surface area contributed by atoms with E-state index in [4.69, 9.17) is 5.14 Å². The topological polar surface area (TPSA) is 110 Å². The van der Waals surface area contributed by atoms with Crippen molar-refractivity contribution in [2.75, 3.05) is 29.5 Å². The van der Waals surface area contributed by atoms with Crippen molar-refractivity contribution in [2.45, 2.75) is 39.5 Å². The summed E-state index contributed by atoms with van der Waals surface area (Å²) in [5, 5.41) is 11.2. The number of rotatable bonds is 7. The zero-order valence-electron chi connectivity index (χ0n) is 13.1. The molecule has 0 aliphatic rings. The van der Waals surface area contributed by atoms with Crippen LogP contribution in [-0.4, -0.2) is 37.2 Å². The number of hydrogen-bond acceptors (Lipinski definition) is 6. The van der Waals surface area contributed by atoms with Gasteiger partial charge in [0, 0.05) is 24.6 Å². The highest BCUT2D eigenvalue weighted by Crippen LogP contribution is 2.22. The van der Waals surface area contributed by atoms with Crippen LogP contribution in [-0.2, 0) is 15.4 Å². The van der Waals surface area contributed by atoms with Crippen molar-refractivity contribution in [2.24, 2.45) is 5.14 Å². The Labute approximate surface area is 126 Å². The van der Waals surface area contributed by atoms with E-state index in [1.54, 1.807) is 6.07 Å². The van der Waals surface area contributed by atoms with Gasteiger partial charge in [-0.15, -0.1) is 0 Å². The summed E-state index contributed by atoms with van der Waals surface area (Å²) in [6.45, 7) is 9.19. The Morgan fingerprint density at radius 3 is 2.10 bits per heavy atom. The van der Waals surface area contributed by atoms with Crippen molar-refractivity contribution >= 4 is 21.7 Å². The van der Waals surface area contributed by atoms with Gasteiger partial charge in [-0.05, 0) is 6.42 Å². The molecule has 0 saturated carbocycles. The number of hydrogen-bond donors (Lipinski definition) is 3. The van der Waals surface area contributed by atoms with Gasteiger partial charge < -0.3 is 10.6 Å². The molecule has 0 spiro atoms. The molecule has 21 heavy (non-hydrogen) atoms. The molecule has 1 heterocycles. The summed E-state index contributed by atoms with van der Waals surface area (Å²) >= 11 is 0. The number of primary sulfonamides is 1. The number of sulfonamides is 1. The van der Waals surface area contributed by atoms with Crippen molar-refractivity contribution in [3.05, 3.63) is 11.9 Å². The van der Waals surface area contributed by atoms with Gasteiger partial charge in [0.05, 0.1) is 5.75 Å². The van der Waals surface area contributed by atoms with Gasteiger partial charge in [0.15, 0.2) is 0 Å². The molecule has 0 bridgehead atoms. The Morgan fingerprint density at radius 2 is 1.67 bits per heavy atom. The van der Waals surface area contributed by atoms with Gasteiger partial charge in [0.2, 0.25) is 10.0 Å². The molecule has 120 valence electrons. The maximum atomic E-state index is 10.9. The van der Waals surface area contributed by atoms with Crippen molar-refractivity contribution in [3.63, 3.8) is 0 Å². The van der Waals surface area contributed by atoms with Crippen LogP contribution in [0.1, 0.15) is 39.9 Å². The lowest BCUT2D eigenvalue weighted by Gasteiger charge is -2.19. The van der Waals surface area contributed by atoms with Crippen LogP contribution in [0.4, 0.5) is 11.6 Å². The first-order valence-corrected chi connectivity index (χ1v) is 8.71. The molecule has 1 rings (SSSR count). The second kappa shape index (κ2) is 7.04. The summed E-state index contributed by atoms with van der Waals surface area (Å²) < 4.78 is 21.9. The summed E-state index contributed by atoms with van der Waals surface area (Å²) in [5.41, 5.74) is -0.194. The predicted octanol–water partition coefficient (Wildman–Crippen LogP) is 1.30. The Balaban J connectivity index is 2.91. The molecule has 0 aromatic carbocycles. The smallest absolute Gasteiger partial charge is 0.210 e. The molecule has 0 unspecified atom stereocenters. The van der Waals surface area contributed by atoms with Gasteiger partial charge in [-0.3, -0.25) is 0 Å². The third-order valence-corrected chi connectivity index (χ3v) is 3.42. The largest absolute Gasteiger partial charge is 0.370 e. The third kappa shape index (κ3) is 6.72. The van der Waals surface area contributed by atoms with E-state index in [9.17, 15) is 8.42 Å². The summed E-state index contributed by atoms with van der Waals surface area (Å²) in [5.74, 6) is 1.88. The van der Waals surface area contributed by atoms with E-state index in [0.29, 0.717) is 11.6 Å². The van der Waals surface area contributed by atoms with E-state index < -0.39 is 10.0 Å². The summed E-state index contributed by atoms with van der Waals surface area (Å²) in [6, 6.07) is 1.77. The van der Waals surface area contributed by atoms with E-state index in [2.05, 4.69) is 27.5 Å². The Morgan fingerprint density at radius 1 is 1.14 bits per heavy atom. The number of aromatic nitrogens is 2. The lowest BCUT2D eigenvalue weighted by atomic mass is 9.96. The molecule has 7 nitrogen and oxygen atoms in total. The first kappa shape index (κ1) is 17.6. The van der Waals surface area contributed by atoms with E-state index >= 15 is 0 Å². The predicted molar refractivity (Wildman–Crippen MR) is 86.0 cm³/mol. The summed E-state index contributed by atoms with van der Waals surface area (Å²) in [4.78, 5) is 8.93. The van der Waals surface area contributed by atoms with Crippen LogP contribution in [0.3, 0.4) is 0 Å². The van der Waals surface area contributed by atoms with Crippen LogP contribution in [0, 0.1) is 0 Å².